The van der Waals surface area contributed by atoms with E-state index < -0.39 is 11.8 Å². The third-order valence-electron chi connectivity index (χ3n) is 4.54. The van der Waals surface area contributed by atoms with Gasteiger partial charge in [-0.2, -0.15) is 5.10 Å². The molecule has 0 aromatic heterocycles. The average Bonchev–Trinajstić information content (AvgIpc) is 2.79. The smallest absolute Gasteiger partial charge is 0.329 e. The highest BCUT2D eigenvalue weighted by atomic mass is 16.5. The molecule has 2 aromatic rings. The van der Waals surface area contributed by atoms with Crippen molar-refractivity contribution in [3.8, 4) is 5.75 Å². The third-order valence-corrected chi connectivity index (χ3v) is 4.54. The lowest BCUT2D eigenvalue weighted by atomic mass is 10.1. The summed E-state index contributed by atoms with van der Waals surface area (Å²) in [5.74, 6) is -1.44. The Morgan fingerprint density at radius 2 is 1.85 bits per heavy atom. The zero-order chi connectivity index (χ0) is 24.9. The molecule has 3 amide bonds. The molecule has 34 heavy (non-hydrogen) atoms. The molecular formula is C25H32N4O5. The molecule has 9 heteroatoms. The van der Waals surface area contributed by atoms with Gasteiger partial charge in [0.25, 0.3) is 5.91 Å². The Morgan fingerprint density at radius 3 is 2.62 bits per heavy atom. The first-order valence-corrected chi connectivity index (χ1v) is 11.1. The molecule has 9 nitrogen and oxygen atoms in total. The van der Waals surface area contributed by atoms with E-state index in [0.29, 0.717) is 30.9 Å². The highest BCUT2D eigenvalue weighted by molar-refractivity contribution is 6.35. The highest BCUT2D eigenvalue weighted by Crippen LogP contribution is 2.17. The number of hydrazone groups is 1. The van der Waals surface area contributed by atoms with Crippen molar-refractivity contribution in [2.75, 3.05) is 25.1 Å². The van der Waals surface area contributed by atoms with E-state index in [1.165, 1.54) is 6.21 Å². The Morgan fingerprint density at radius 1 is 1.06 bits per heavy atom. The zero-order valence-electron chi connectivity index (χ0n) is 20.0. The second-order valence-electron chi connectivity index (χ2n) is 7.96. The molecular weight excluding hydrogens is 436 g/mol. The van der Waals surface area contributed by atoms with Gasteiger partial charge in [0.05, 0.1) is 12.3 Å². The van der Waals surface area contributed by atoms with Crippen LogP contribution in [-0.2, 0) is 19.1 Å². The van der Waals surface area contributed by atoms with Crippen molar-refractivity contribution in [3.05, 3.63) is 59.2 Å². The molecule has 0 saturated carbocycles. The van der Waals surface area contributed by atoms with Crippen molar-refractivity contribution in [1.29, 1.82) is 0 Å². The van der Waals surface area contributed by atoms with E-state index in [4.69, 9.17) is 9.47 Å². The minimum absolute atomic E-state index is 0.122. The Bertz CT molecular complexity index is 1020. The minimum atomic E-state index is -0.864. The van der Waals surface area contributed by atoms with Crippen LogP contribution in [-0.4, -0.2) is 49.8 Å². The van der Waals surface area contributed by atoms with Crippen molar-refractivity contribution in [3.63, 3.8) is 0 Å². The quantitative estimate of drug-likeness (QED) is 0.203. The predicted molar refractivity (Wildman–Crippen MR) is 131 cm³/mol. The van der Waals surface area contributed by atoms with Crippen molar-refractivity contribution >= 4 is 29.6 Å². The largest absolute Gasteiger partial charge is 0.484 e. The number of ether oxygens (including phenoxy) is 2. The second kappa shape index (κ2) is 13.7. The van der Waals surface area contributed by atoms with Gasteiger partial charge in [-0.25, -0.2) is 5.43 Å². The van der Waals surface area contributed by atoms with Crippen molar-refractivity contribution in [2.45, 2.75) is 40.2 Å². The van der Waals surface area contributed by atoms with Crippen LogP contribution in [0, 0.1) is 13.8 Å². The summed E-state index contributed by atoms with van der Waals surface area (Å²) in [4.78, 5) is 35.8. The lowest BCUT2D eigenvalue weighted by molar-refractivity contribution is -0.139. The number of anilines is 1. The maximum absolute atomic E-state index is 12.2. The monoisotopic (exact) mass is 468 g/mol. The number of hydrogen-bond donors (Lipinski definition) is 3. The Hall–Kier alpha value is -3.72. The average molecular weight is 469 g/mol. The minimum Gasteiger partial charge on any atom is -0.484 e. The first-order chi connectivity index (χ1) is 16.2. The van der Waals surface area contributed by atoms with E-state index in [1.807, 2.05) is 45.9 Å². The fourth-order valence-corrected chi connectivity index (χ4v) is 2.78. The standard InChI is InChI=1S/C25H32N4O5/c1-17(2)33-12-6-11-26-24(31)25(32)29-27-15-20-7-5-8-21(14-20)34-16-23(30)28-22-13-18(3)9-10-19(22)4/h5,7-10,13-15,17H,6,11-12,16H2,1-4H3,(H,26,31)(H,28,30)(H,29,32)/b27-15-. The van der Waals surface area contributed by atoms with Crippen LogP contribution in [0.2, 0.25) is 0 Å². The van der Waals surface area contributed by atoms with Crippen LogP contribution in [0.3, 0.4) is 0 Å². The Balaban J connectivity index is 1.76. The molecule has 0 aliphatic rings. The van der Waals surface area contributed by atoms with E-state index in [2.05, 4.69) is 21.2 Å². The van der Waals surface area contributed by atoms with Crippen LogP contribution >= 0.6 is 0 Å². The van der Waals surface area contributed by atoms with Gasteiger partial charge in [0.15, 0.2) is 6.61 Å². The molecule has 182 valence electrons. The van der Waals surface area contributed by atoms with Crippen molar-refractivity contribution < 1.29 is 23.9 Å². The molecule has 3 N–H and O–H groups in total. The number of amides is 3. The van der Waals surface area contributed by atoms with Crippen LogP contribution in [0.5, 0.6) is 5.75 Å². The second-order valence-corrected chi connectivity index (χ2v) is 7.96. The molecule has 0 radical (unpaired) electrons. The van der Waals surface area contributed by atoms with Gasteiger partial charge in [-0.05, 0) is 69.0 Å². The predicted octanol–water partition coefficient (Wildman–Crippen LogP) is 2.70. The van der Waals surface area contributed by atoms with Crippen molar-refractivity contribution in [2.24, 2.45) is 5.10 Å². The molecule has 0 unspecified atom stereocenters. The fourth-order valence-electron chi connectivity index (χ4n) is 2.78. The molecule has 0 aliphatic carbocycles. The highest BCUT2D eigenvalue weighted by Gasteiger charge is 2.11. The topological polar surface area (TPSA) is 118 Å². The van der Waals surface area contributed by atoms with Gasteiger partial charge in [0, 0.05) is 18.8 Å². The Kier molecular flexibility index (Phi) is 10.7. The van der Waals surface area contributed by atoms with E-state index >= 15 is 0 Å². The van der Waals surface area contributed by atoms with Crippen LogP contribution in [0.1, 0.15) is 37.0 Å². The van der Waals surface area contributed by atoms with Gasteiger partial charge >= 0.3 is 11.8 Å². The molecule has 0 saturated heterocycles. The van der Waals surface area contributed by atoms with Gasteiger partial charge in [-0.1, -0.05) is 24.3 Å². The summed E-state index contributed by atoms with van der Waals surface area (Å²) >= 11 is 0. The summed E-state index contributed by atoms with van der Waals surface area (Å²) in [6, 6.07) is 12.7. The lowest BCUT2D eigenvalue weighted by Crippen LogP contribution is -2.38. The van der Waals surface area contributed by atoms with E-state index in [-0.39, 0.29) is 18.6 Å². The number of hydrogen-bond acceptors (Lipinski definition) is 6. The number of aryl methyl sites for hydroxylation is 2. The van der Waals surface area contributed by atoms with Gasteiger partial charge < -0.3 is 20.1 Å². The lowest BCUT2D eigenvalue weighted by Gasteiger charge is -2.10. The molecule has 0 aliphatic heterocycles. The number of rotatable bonds is 11. The third kappa shape index (κ3) is 9.83. The Labute approximate surface area is 199 Å². The van der Waals surface area contributed by atoms with Gasteiger partial charge in [0.1, 0.15) is 5.75 Å². The summed E-state index contributed by atoms with van der Waals surface area (Å²) in [5.41, 5.74) is 5.57. The van der Waals surface area contributed by atoms with E-state index in [0.717, 1.165) is 16.8 Å². The first-order valence-electron chi connectivity index (χ1n) is 11.1. The number of carbonyl (C=O) groups is 3. The van der Waals surface area contributed by atoms with Gasteiger partial charge in [-0.15, -0.1) is 0 Å². The number of nitrogens with zero attached hydrogens (tertiary/aromatic N) is 1. The summed E-state index contributed by atoms with van der Waals surface area (Å²) < 4.78 is 10.9. The van der Waals surface area contributed by atoms with Crippen LogP contribution in [0.25, 0.3) is 0 Å². The molecule has 0 fully saturated rings. The normalized spacial score (nSPS) is 10.9. The summed E-state index contributed by atoms with van der Waals surface area (Å²) in [5, 5.41) is 9.13. The van der Waals surface area contributed by atoms with Crippen LogP contribution in [0.15, 0.2) is 47.6 Å². The molecule has 0 bridgehead atoms. The maximum atomic E-state index is 12.2. The van der Waals surface area contributed by atoms with Crippen LogP contribution < -0.4 is 20.8 Å². The SMILES string of the molecule is Cc1ccc(C)c(NC(=O)COc2cccc(/C=N\NC(=O)C(=O)NCCCOC(C)C)c2)c1. The zero-order valence-corrected chi connectivity index (χ0v) is 20.0. The first kappa shape index (κ1) is 26.5. The van der Waals surface area contributed by atoms with Crippen molar-refractivity contribution in [1.82, 2.24) is 10.7 Å². The summed E-state index contributed by atoms with van der Waals surface area (Å²) in [6.45, 7) is 8.41. The number of benzene rings is 2. The van der Waals surface area contributed by atoms with Crippen LogP contribution in [0.4, 0.5) is 5.69 Å². The summed E-state index contributed by atoms with van der Waals surface area (Å²) in [7, 11) is 0. The molecule has 0 spiro atoms. The molecule has 0 heterocycles. The van der Waals surface area contributed by atoms with E-state index in [1.54, 1.807) is 24.3 Å². The van der Waals surface area contributed by atoms with Gasteiger partial charge in [-0.3, -0.25) is 14.4 Å². The summed E-state index contributed by atoms with van der Waals surface area (Å²) in [6.07, 6.45) is 2.11. The number of nitrogens with one attached hydrogen (secondary N) is 3. The fraction of sp³-hybridized carbons (Fsp3) is 0.360. The van der Waals surface area contributed by atoms with Gasteiger partial charge in [0.2, 0.25) is 0 Å². The maximum Gasteiger partial charge on any atom is 0.329 e. The molecule has 2 aromatic carbocycles. The number of carbonyl (C=O) groups excluding carboxylic acids is 3. The molecule has 2 rings (SSSR count). The van der Waals surface area contributed by atoms with E-state index in [9.17, 15) is 14.4 Å². The molecule has 0 atom stereocenters.